The zero-order valence-electron chi connectivity index (χ0n) is 13.0. The molecule has 1 fully saturated rings. The van der Waals surface area contributed by atoms with Gasteiger partial charge in [-0.05, 0) is 36.4 Å². The Labute approximate surface area is 142 Å². The summed E-state index contributed by atoms with van der Waals surface area (Å²) in [6, 6.07) is 10.9. The molecule has 0 aromatic heterocycles. The number of amides is 2. The van der Waals surface area contributed by atoms with Crippen molar-refractivity contribution < 1.29 is 18.9 Å². The van der Waals surface area contributed by atoms with Gasteiger partial charge in [0.1, 0.15) is 5.82 Å². The third kappa shape index (κ3) is 3.63. The van der Waals surface area contributed by atoms with Gasteiger partial charge in [-0.1, -0.05) is 0 Å². The molecular weight excluding hydrogens is 329 g/mol. The van der Waals surface area contributed by atoms with Crippen molar-refractivity contribution in [1.82, 2.24) is 0 Å². The van der Waals surface area contributed by atoms with Crippen molar-refractivity contribution in [2.45, 2.75) is 6.42 Å². The first-order chi connectivity index (χ1) is 11.9. The molecule has 2 aromatic carbocycles. The van der Waals surface area contributed by atoms with Gasteiger partial charge in [0.15, 0.2) is 0 Å². The molecular formula is C17H14FN3O4. The van der Waals surface area contributed by atoms with E-state index in [1.54, 1.807) is 0 Å². The van der Waals surface area contributed by atoms with Crippen molar-refractivity contribution in [3.05, 3.63) is 64.5 Å². The third-order valence-electron chi connectivity index (χ3n) is 3.98. The summed E-state index contributed by atoms with van der Waals surface area (Å²) in [6.07, 6.45) is 0.0457. The minimum Gasteiger partial charge on any atom is -0.326 e. The highest BCUT2D eigenvalue weighted by Gasteiger charge is 2.35. The zero-order chi connectivity index (χ0) is 18.0. The van der Waals surface area contributed by atoms with E-state index in [9.17, 15) is 24.1 Å². The van der Waals surface area contributed by atoms with Crippen LogP contribution in [-0.2, 0) is 9.59 Å². The zero-order valence-corrected chi connectivity index (χ0v) is 13.0. The number of anilines is 2. The smallest absolute Gasteiger partial charge is 0.269 e. The van der Waals surface area contributed by atoms with Gasteiger partial charge in [0.25, 0.3) is 5.69 Å². The lowest BCUT2D eigenvalue weighted by Gasteiger charge is -2.16. The third-order valence-corrected chi connectivity index (χ3v) is 3.98. The summed E-state index contributed by atoms with van der Waals surface area (Å²) < 4.78 is 12.9. The van der Waals surface area contributed by atoms with Crippen molar-refractivity contribution in [2.24, 2.45) is 5.92 Å². The van der Waals surface area contributed by atoms with Gasteiger partial charge < -0.3 is 10.2 Å². The molecule has 1 aliphatic rings. The molecule has 128 valence electrons. The van der Waals surface area contributed by atoms with Crippen molar-refractivity contribution in [1.29, 1.82) is 0 Å². The molecule has 1 N–H and O–H groups in total. The second kappa shape index (κ2) is 6.68. The number of hydrogen-bond donors (Lipinski definition) is 1. The second-order valence-corrected chi connectivity index (χ2v) is 5.68. The molecule has 1 saturated heterocycles. The van der Waals surface area contributed by atoms with Crippen molar-refractivity contribution in [3.63, 3.8) is 0 Å². The molecule has 1 heterocycles. The molecule has 2 aromatic rings. The fourth-order valence-electron chi connectivity index (χ4n) is 2.66. The largest absolute Gasteiger partial charge is 0.326 e. The van der Waals surface area contributed by atoms with Gasteiger partial charge in [-0.3, -0.25) is 19.7 Å². The molecule has 0 bridgehead atoms. The van der Waals surface area contributed by atoms with Crippen LogP contribution in [0.2, 0.25) is 0 Å². The number of non-ortho nitro benzene ring substituents is 1. The number of carbonyl (C=O) groups excluding carboxylic acids is 2. The summed E-state index contributed by atoms with van der Waals surface area (Å²) in [5.74, 6) is -1.51. The van der Waals surface area contributed by atoms with Crippen LogP contribution in [0.15, 0.2) is 48.5 Å². The minimum absolute atomic E-state index is 0.0457. The van der Waals surface area contributed by atoms with Crippen LogP contribution in [0.5, 0.6) is 0 Å². The first-order valence-electron chi connectivity index (χ1n) is 7.55. The predicted octanol–water partition coefficient (Wildman–Crippen LogP) is 2.73. The Balaban J connectivity index is 1.68. The van der Waals surface area contributed by atoms with Gasteiger partial charge in [-0.15, -0.1) is 0 Å². The van der Waals surface area contributed by atoms with E-state index >= 15 is 0 Å². The van der Waals surface area contributed by atoms with E-state index in [0.717, 1.165) is 0 Å². The number of nitro groups is 1. The quantitative estimate of drug-likeness (QED) is 0.682. The molecule has 25 heavy (non-hydrogen) atoms. The molecule has 8 heteroatoms. The van der Waals surface area contributed by atoms with E-state index in [4.69, 9.17) is 0 Å². The SMILES string of the molecule is O=C(Nc1ccc(F)cc1)[C@H]1CC(=O)N(c2ccc([N+](=O)[O-])cc2)C1. The van der Waals surface area contributed by atoms with Crippen LogP contribution >= 0.6 is 0 Å². The Hall–Kier alpha value is -3.29. The molecule has 0 unspecified atom stereocenters. The summed E-state index contributed by atoms with van der Waals surface area (Å²) in [7, 11) is 0. The second-order valence-electron chi connectivity index (χ2n) is 5.68. The summed E-state index contributed by atoms with van der Waals surface area (Å²) in [5.41, 5.74) is 0.890. The number of nitrogens with zero attached hydrogens (tertiary/aromatic N) is 2. The molecule has 7 nitrogen and oxygen atoms in total. The van der Waals surface area contributed by atoms with Gasteiger partial charge in [0.2, 0.25) is 11.8 Å². The van der Waals surface area contributed by atoms with Crippen LogP contribution in [0.25, 0.3) is 0 Å². The number of carbonyl (C=O) groups is 2. The van der Waals surface area contributed by atoms with Gasteiger partial charge in [0, 0.05) is 36.5 Å². The maximum absolute atomic E-state index is 12.9. The first kappa shape index (κ1) is 16.6. The van der Waals surface area contributed by atoms with Crippen LogP contribution in [-0.4, -0.2) is 23.3 Å². The average Bonchev–Trinajstić information content (AvgIpc) is 2.99. The number of hydrogen-bond acceptors (Lipinski definition) is 4. The normalized spacial score (nSPS) is 16.8. The highest BCUT2D eigenvalue weighted by Crippen LogP contribution is 2.27. The Morgan fingerprint density at radius 1 is 1.16 bits per heavy atom. The predicted molar refractivity (Wildman–Crippen MR) is 88.6 cm³/mol. The Morgan fingerprint density at radius 2 is 1.80 bits per heavy atom. The Bertz CT molecular complexity index is 821. The van der Waals surface area contributed by atoms with Crippen molar-refractivity contribution >= 4 is 28.9 Å². The van der Waals surface area contributed by atoms with Crippen LogP contribution in [0.4, 0.5) is 21.5 Å². The van der Waals surface area contributed by atoms with Crippen LogP contribution < -0.4 is 10.2 Å². The minimum atomic E-state index is -0.548. The van der Waals surface area contributed by atoms with E-state index in [2.05, 4.69) is 5.32 Å². The molecule has 3 rings (SSSR count). The van der Waals surface area contributed by atoms with E-state index in [1.165, 1.54) is 53.4 Å². The van der Waals surface area contributed by atoms with Crippen molar-refractivity contribution in [3.8, 4) is 0 Å². The average molecular weight is 343 g/mol. The number of nitro benzene ring substituents is 1. The lowest BCUT2D eigenvalue weighted by molar-refractivity contribution is -0.384. The van der Waals surface area contributed by atoms with Gasteiger partial charge in [-0.25, -0.2) is 4.39 Å². The molecule has 1 atom stereocenters. The first-order valence-corrected chi connectivity index (χ1v) is 7.55. The number of halogens is 1. The highest BCUT2D eigenvalue weighted by molar-refractivity contribution is 6.03. The monoisotopic (exact) mass is 343 g/mol. The Kier molecular flexibility index (Phi) is 4.42. The fourth-order valence-corrected chi connectivity index (χ4v) is 2.66. The van der Waals surface area contributed by atoms with Crippen LogP contribution in [0.1, 0.15) is 6.42 Å². The number of nitrogens with one attached hydrogen (secondary N) is 1. The van der Waals surface area contributed by atoms with Crippen LogP contribution in [0.3, 0.4) is 0 Å². The van der Waals surface area contributed by atoms with Crippen molar-refractivity contribution in [2.75, 3.05) is 16.8 Å². The summed E-state index contributed by atoms with van der Waals surface area (Å²) in [4.78, 5) is 36.1. The van der Waals surface area contributed by atoms with Gasteiger partial charge >= 0.3 is 0 Å². The maximum atomic E-state index is 12.9. The number of benzene rings is 2. The topological polar surface area (TPSA) is 92.6 Å². The molecule has 2 amide bonds. The standard InChI is InChI=1S/C17H14FN3O4/c18-12-1-3-13(4-2-12)19-17(23)11-9-16(22)20(10-11)14-5-7-15(8-6-14)21(24)25/h1-8,11H,9-10H2,(H,19,23)/t11-/m0/s1. The van der Waals surface area contributed by atoms with Crippen LogP contribution in [0, 0.1) is 21.8 Å². The molecule has 0 radical (unpaired) electrons. The van der Waals surface area contributed by atoms with Gasteiger partial charge in [0.05, 0.1) is 10.8 Å². The van der Waals surface area contributed by atoms with E-state index in [1.807, 2.05) is 0 Å². The summed E-state index contributed by atoms with van der Waals surface area (Å²) in [5, 5.41) is 13.3. The lowest BCUT2D eigenvalue weighted by Crippen LogP contribution is -2.28. The highest BCUT2D eigenvalue weighted by atomic mass is 19.1. The van der Waals surface area contributed by atoms with E-state index < -0.39 is 16.7 Å². The molecule has 0 saturated carbocycles. The number of rotatable bonds is 4. The fraction of sp³-hybridized carbons (Fsp3) is 0.176. The Morgan fingerprint density at radius 3 is 2.40 bits per heavy atom. The van der Waals surface area contributed by atoms with E-state index in [-0.39, 0.29) is 30.5 Å². The maximum Gasteiger partial charge on any atom is 0.269 e. The summed E-state index contributed by atoms with van der Waals surface area (Å²) in [6.45, 7) is 0.184. The molecule has 0 aliphatic carbocycles. The molecule has 0 spiro atoms. The van der Waals surface area contributed by atoms with E-state index in [0.29, 0.717) is 11.4 Å². The lowest BCUT2D eigenvalue weighted by atomic mass is 10.1. The van der Waals surface area contributed by atoms with Gasteiger partial charge in [-0.2, -0.15) is 0 Å². The molecule has 1 aliphatic heterocycles. The summed E-state index contributed by atoms with van der Waals surface area (Å²) >= 11 is 0.